The highest BCUT2D eigenvalue weighted by Crippen LogP contribution is 2.29. The van der Waals surface area contributed by atoms with Crippen LogP contribution in [0.15, 0.2) is 18.2 Å². The third-order valence-electron chi connectivity index (χ3n) is 2.91. The molecule has 0 aliphatic heterocycles. The third kappa shape index (κ3) is 2.18. The molecule has 88 valence electrons. The predicted octanol–water partition coefficient (Wildman–Crippen LogP) is 1.61. The highest BCUT2D eigenvalue weighted by atomic mass is 19.1. The first kappa shape index (κ1) is 11.4. The summed E-state index contributed by atoms with van der Waals surface area (Å²) in [6.45, 7) is -0.268. The number of aliphatic hydroxyl groups is 2. The van der Waals surface area contributed by atoms with E-state index < -0.39 is 11.9 Å². The first-order valence-electron chi connectivity index (χ1n) is 5.45. The van der Waals surface area contributed by atoms with E-state index in [-0.39, 0.29) is 18.5 Å². The summed E-state index contributed by atoms with van der Waals surface area (Å²) in [4.78, 5) is 0. The Balaban J connectivity index is 2.19. The van der Waals surface area contributed by atoms with Crippen molar-refractivity contribution in [3.05, 3.63) is 29.6 Å². The lowest BCUT2D eigenvalue weighted by Gasteiger charge is -2.19. The number of ether oxygens (including phenoxy) is 1. The zero-order valence-corrected chi connectivity index (χ0v) is 8.90. The summed E-state index contributed by atoms with van der Waals surface area (Å²) in [6, 6.07) is 4.42. The molecule has 1 aromatic rings. The average Bonchev–Trinajstić information content (AvgIpc) is 2.67. The van der Waals surface area contributed by atoms with E-state index in [0.717, 1.165) is 12.8 Å². The molecule has 1 saturated carbocycles. The summed E-state index contributed by atoms with van der Waals surface area (Å²) < 4.78 is 19.0. The highest BCUT2D eigenvalue weighted by Gasteiger charge is 2.28. The Morgan fingerprint density at radius 1 is 1.38 bits per heavy atom. The highest BCUT2D eigenvalue weighted by molar-refractivity contribution is 5.34. The second-order valence-electron chi connectivity index (χ2n) is 4.04. The zero-order chi connectivity index (χ0) is 11.5. The van der Waals surface area contributed by atoms with Gasteiger partial charge in [0.05, 0.1) is 12.7 Å². The second kappa shape index (κ2) is 4.80. The maximum atomic E-state index is 13.5. The molecule has 0 heterocycles. The molecule has 4 heteroatoms. The Morgan fingerprint density at radius 2 is 2.19 bits per heavy atom. The maximum Gasteiger partial charge on any atom is 0.165 e. The molecule has 2 N–H and O–H groups in total. The summed E-state index contributed by atoms with van der Waals surface area (Å²) in [5.41, 5.74) is 0.416. The quantitative estimate of drug-likeness (QED) is 0.823. The molecule has 2 atom stereocenters. The van der Waals surface area contributed by atoms with Gasteiger partial charge in [0, 0.05) is 5.56 Å². The predicted molar refractivity (Wildman–Crippen MR) is 56.6 cm³/mol. The van der Waals surface area contributed by atoms with E-state index in [1.165, 1.54) is 12.1 Å². The van der Waals surface area contributed by atoms with Gasteiger partial charge in [0.15, 0.2) is 11.6 Å². The van der Waals surface area contributed by atoms with Gasteiger partial charge in [0.25, 0.3) is 0 Å². The molecule has 0 spiro atoms. The summed E-state index contributed by atoms with van der Waals surface area (Å²) in [5.74, 6) is -0.429. The van der Waals surface area contributed by atoms with Crippen molar-refractivity contribution in [1.29, 1.82) is 0 Å². The average molecular weight is 226 g/mol. The van der Waals surface area contributed by atoms with Crippen LogP contribution in [0.25, 0.3) is 0 Å². The van der Waals surface area contributed by atoms with Crippen molar-refractivity contribution in [1.82, 2.24) is 0 Å². The summed E-state index contributed by atoms with van der Waals surface area (Å²) in [7, 11) is 0. The smallest absolute Gasteiger partial charge is 0.165 e. The van der Waals surface area contributed by atoms with Gasteiger partial charge >= 0.3 is 0 Å². The van der Waals surface area contributed by atoms with Crippen LogP contribution in [0.4, 0.5) is 4.39 Å². The molecule has 1 fully saturated rings. The Bertz CT molecular complexity index is 367. The fourth-order valence-electron chi connectivity index (χ4n) is 2.01. The molecule has 0 amide bonds. The topological polar surface area (TPSA) is 49.7 Å². The monoisotopic (exact) mass is 226 g/mol. The molecule has 2 unspecified atom stereocenters. The van der Waals surface area contributed by atoms with E-state index in [1.54, 1.807) is 6.07 Å². The molecule has 0 bridgehead atoms. The number of aliphatic hydroxyl groups excluding tert-OH is 2. The minimum absolute atomic E-state index is 0.0657. The summed E-state index contributed by atoms with van der Waals surface area (Å²) >= 11 is 0. The molecule has 0 saturated heterocycles. The van der Waals surface area contributed by atoms with Crippen molar-refractivity contribution in [2.45, 2.75) is 38.1 Å². The molecule has 3 nitrogen and oxygen atoms in total. The van der Waals surface area contributed by atoms with Gasteiger partial charge in [-0.25, -0.2) is 4.39 Å². The van der Waals surface area contributed by atoms with Gasteiger partial charge in [-0.05, 0) is 25.3 Å². The molecule has 16 heavy (non-hydrogen) atoms. The van der Waals surface area contributed by atoms with Gasteiger partial charge < -0.3 is 14.9 Å². The van der Waals surface area contributed by atoms with Gasteiger partial charge in [-0.1, -0.05) is 12.1 Å². The van der Waals surface area contributed by atoms with Crippen molar-refractivity contribution >= 4 is 0 Å². The van der Waals surface area contributed by atoms with Crippen molar-refractivity contribution < 1.29 is 19.3 Å². The van der Waals surface area contributed by atoms with E-state index in [1.807, 2.05) is 0 Å². The number of hydrogen-bond donors (Lipinski definition) is 2. The Morgan fingerprint density at radius 3 is 2.81 bits per heavy atom. The standard InChI is InChI=1S/C12H15FO3/c13-9-4-1-3-8(7-14)12(9)16-11-6-2-5-10(11)15/h1,3-4,10-11,14-15H,2,5-7H2. The van der Waals surface area contributed by atoms with Gasteiger partial charge in [-0.15, -0.1) is 0 Å². The lowest BCUT2D eigenvalue weighted by Crippen LogP contribution is -2.26. The van der Waals surface area contributed by atoms with E-state index in [4.69, 9.17) is 9.84 Å². The molecular formula is C12H15FO3. The van der Waals surface area contributed by atoms with Crippen molar-refractivity contribution in [3.8, 4) is 5.75 Å². The van der Waals surface area contributed by atoms with Crippen LogP contribution in [0, 0.1) is 5.82 Å². The van der Waals surface area contributed by atoms with Gasteiger partial charge in [0.1, 0.15) is 6.10 Å². The molecule has 0 radical (unpaired) electrons. The van der Waals surface area contributed by atoms with E-state index in [2.05, 4.69) is 0 Å². The minimum atomic E-state index is -0.536. The number of benzene rings is 1. The van der Waals surface area contributed by atoms with Gasteiger partial charge in [-0.2, -0.15) is 0 Å². The number of para-hydroxylation sites is 1. The van der Waals surface area contributed by atoms with Crippen LogP contribution in [0.1, 0.15) is 24.8 Å². The Kier molecular flexibility index (Phi) is 3.41. The summed E-state index contributed by atoms with van der Waals surface area (Å²) in [6.07, 6.45) is 1.40. The van der Waals surface area contributed by atoms with E-state index >= 15 is 0 Å². The fraction of sp³-hybridized carbons (Fsp3) is 0.500. The molecule has 1 aliphatic rings. The largest absolute Gasteiger partial charge is 0.484 e. The molecule has 1 aliphatic carbocycles. The lowest BCUT2D eigenvalue weighted by atomic mass is 10.2. The van der Waals surface area contributed by atoms with Crippen molar-refractivity contribution in [2.24, 2.45) is 0 Å². The number of rotatable bonds is 3. The van der Waals surface area contributed by atoms with E-state index in [0.29, 0.717) is 12.0 Å². The Labute approximate surface area is 93.5 Å². The molecule has 0 aromatic heterocycles. The zero-order valence-electron chi connectivity index (χ0n) is 8.90. The lowest BCUT2D eigenvalue weighted by molar-refractivity contribution is 0.0562. The van der Waals surface area contributed by atoms with Crippen LogP contribution >= 0.6 is 0 Å². The van der Waals surface area contributed by atoms with Crippen molar-refractivity contribution in [2.75, 3.05) is 0 Å². The number of halogens is 1. The maximum absolute atomic E-state index is 13.5. The van der Waals surface area contributed by atoms with Crippen LogP contribution in [0.2, 0.25) is 0 Å². The number of hydrogen-bond acceptors (Lipinski definition) is 3. The Hall–Kier alpha value is -1.13. The van der Waals surface area contributed by atoms with Crippen LogP contribution in [0.3, 0.4) is 0 Å². The molecule has 1 aromatic carbocycles. The van der Waals surface area contributed by atoms with E-state index in [9.17, 15) is 9.50 Å². The first-order chi connectivity index (χ1) is 7.72. The van der Waals surface area contributed by atoms with Crippen LogP contribution in [-0.4, -0.2) is 22.4 Å². The first-order valence-corrected chi connectivity index (χ1v) is 5.45. The third-order valence-corrected chi connectivity index (χ3v) is 2.91. The van der Waals surface area contributed by atoms with Gasteiger partial charge in [-0.3, -0.25) is 0 Å². The molecule has 2 rings (SSSR count). The SMILES string of the molecule is OCc1cccc(F)c1OC1CCCC1O. The van der Waals surface area contributed by atoms with Crippen LogP contribution in [0.5, 0.6) is 5.75 Å². The van der Waals surface area contributed by atoms with Crippen LogP contribution < -0.4 is 4.74 Å². The summed E-state index contributed by atoms with van der Waals surface area (Å²) in [5, 5.41) is 18.7. The van der Waals surface area contributed by atoms with Gasteiger partial charge in [0.2, 0.25) is 0 Å². The van der Waals surface area contributed by atoms with Crippen molar-refractivity contribution in [3.63, 3.8) is 0 Å². The van der Waals surface area contributed by atoms with Crippen LogP contribution in [-0.2, 0) is 6.61 Å². The minimum Gasteiger partial charge on any atom is -0.484 e. The molecular weight excluding hydrogens is 211 g/mol. The normalized spacial score (nSPS) is 24.7. The second-order valence-corrected chi connectivity index (χ2v) is 4.04. The fourth-order valence-corrected chi connectivity index (χ4v) is 2.01.